The number of fused-ring (bicyclic) bond motifs is 2. The van der Waals surface area contributed by atoms with Gasteiger partial charge in [0, 0.05) is 29.5 Å². The van der Waals surface area contributed by atoms with Gasteiger partial charge in [-0.25, -0.2) is 0 Å². The summed E-state index contributed by atoms with van der Waals surface area (Å²) in [6.07, 6.45) is 5.66. The summed E-state index contributed by atoms with van der Waals surface area (Å²) in [4.78, 5) is 7.27. The quantitative estimate of drug-likeness (QED) is 0.549. The molecule has 2 heterocycles. The maximum absolute atomic E-state index is 4.09. The molecule has 0 unspecified atom stereocenters. The third-order valence-electron chi connectivity index (χ3n) is 2.31. The van der Waals surface area contributed by atoms with Gasteiger partial charge in [0.25, 0.3) is 0 Å². The highest BCUT2D eigenvalue weighted by Gasteiger charge is 1.96. The number of H-pyrrole nitrogens is 1. The van der Waals surface area contributed by atoms with Crippen LogP contribution in [0.5, 0.6) is 0 Å². The molecule has 0 radical (unpaired) electrons. The summed E-state index contributed by atoms with van der Waals surface area (Å²) in [6.45, 7) is 0. The molecule has 0 saturated carbocycles. The Labute approximate surface area is 75.2 Å². The van der Waals surface area contributed by atoms with E-state index in [2.05, 4.69) is 28.2 Å². The predicted molar refractivity (Wildman–Crippen MR) is 53.6 cm³/mol. The number of hydrogen-bond donors (Lipinski definition) is 1. The number of nitrogens with zero attached hydrogens (tertiary/aromatic N) is 1. The number of benzene rings is 1. The normalized spacial score (nSPS) is 11.1. The summed E-state index contributed by atoms with van der Waals surface area (Å²) in [5, 5.41) is 3.67. The van der Waals surface area contributed by atoms with Crippen LogP contribution in [0.1, 0.15) is 0 Å². The van der Waals surface area contributed by atoms with Crippen LogP contribution in [0.25, 0.3) is 21.7 Å². The van der Waals surface area contributed by atoms with Crippen molar-refractivity contribution in [3.8, 4) is 0 Å². The molecular formula is C11H8N2. The zero-order valence-corrected chi connectivity index (χ0v) is 6.99. The fourth-order valence-corrected chi connectivity index (χ4v) is 1.64. The zero-order valence-electron chi connectivity index (χ0n) is 6.99. The molecule has 3 aromatic rings. The molecular weight excluding hydrogens is 160 g/mol. The topological polar surface area (TPSA) is 28.7 Å². The first-order valence-corrected chi connectivity index (χ1v) is 4.24. The van der Waals surface area contributed by atoms with Crippen molar-refractivity contribution >= 4 is 21.7 Å². The second-order valence-corrected chi connectivity index (χ2v) is 3.14. The molecule has 0 amide bonds. The maximum atomic E-state index is 4.09. The number of aromatic nitrogens is 2. The largest absolute Gasteiger partial charge is 0.361 e. The van der Waals surface area contributed by atoms with Crippen molar-refractivity contribution < 1.29 is 0 Å². The van der Waals surface area contributed by atoms with Gasteiger partial charge < -0.3 is 4.98 Å². The molecule has 1 aromatic carbocycles. The summed E-state index contributed by atoms with van der Waals surface area (Å²) in [5.41, 5.74) is 1.17. The zero-order chi connectivity index (χ0) is 8.67. The lowest BCUT2D eigenvalue weighted by Gasteiger charge is -1.96. The summed E-state index contributed by atoms with van der Waals surface area (Å²) < 4.78 is 0. The van der Waals surface area contributed by atoms with Crippen LogP contribution >= 0.6 is 0 Å². The van der Waals surface area contributed by atoms with Gasteiger partial charge in [-0.3, -0.25) is 4.98 Å². The highest BCUT2D eigenvalue weighted by Crippen LogP contribution is 2.20. The Morgan fingerprint density at radius 2 is 2.00 bits per heavy atom. The first kappa shape index (κ1) is 6.66. The van der Waals surface area contributed by atoms with Crippen molar-refractivity contribution in [1.29, 1.82) is 0 Å². The van der Waals surface area contributed by atoms with Crippen molar-refractivity contribution in [2.75, 3.05) is 0 Å². The summed E-state index contributed by atoms with van der Waals surface area (Å²) in [7, 11) is 0. The van der Waals surface area contributed by atoms with Crippen molar-refractivity contribution in [3.05, 3.63) is 42.9 Å². The number of hydrogen-bond acceptors (Lipinski definition) is 1. The van der Waals surface area contributed by atoms with E-state index in [-0.39, 0.29) is 0 Å². The number of rotatable bonds is 0. The minimum absolute atomic E-state index is 1.17. The van der Waals surface area contributed by atoms with Gasteiger partial charge in [0.1, 0.15) is 0 Å². The van der Waals surface area contributed by atoms with E-state index in [0.29, 0.717) is 0 Å². The first-order valence-electron chi connectivity index (χ1n) is 4.24. The Balaban J connectivity index is 2.57. The molecule has 0 aliphatic heterocycles. The minimum Gasteiger partial charge on any atom is -0.361 e. The van der Waals surface area contributed by atoms with Crippen LogP contribution in [0, 0.1) is 0 Å². The Morgan fingerprint density at radius 3 is 3.00 bits per heavy atom. The molecule has 2 heteroatoms. The Bertz CT molecular complexity index is 517. The van der Waals surface area contributed by atoms with Gasteiger partial charge in [-0.05, 0) is 35.0 Å². The van der Waals surface area contributed by atoms with E-state index in [0.717, 1.165) is 0 Å². The second kappa shape index (κ2) is 2.33. The minimum atomic E-state index is 1.17. The molecule has 2 aromatic heterocycles. The molecule has 13 heavy (non-hydrogen) atoms. The lowest BCUT2D eigenvalue weighted by molar-refractivity contribution is 1.36. The highest BCUT2D eigenvalue weighted by molar-refractivity contribution is 5.96. The molecule has 2 nitrogen and oxygen atoms in total. The van der Waals surface area contributed by atoms with Crippen LogP contribution in [0.15, 0.2) is 42.9 Å². The van der Waals surface area contributed by atoms with Gasteiger partial charge in [0.15, 0.2) is 0 Å². The SMILES string of the molecule is c1cc2cc3cc[nH]c3cc2cn1. The predicted octanol–water partition coefficient (Wildman–Crippen LogP) is 2.72. The Kier molecular flexibility index (Phi) is 1.19. The van der Waals surface area contributed by atoms with Gasteiger partial charge in [0.2, 0.25) is 0 Å². The molecule has 1 N–H and O–H groups in total. The Hall–Kier alpha value is -1.83. The number of nitrogens with one attached hydrogen (secondary N) is 1. The van der Waals surface area contributed by atoms with Crippen molar-refractivity contribution in [3.63, 3.8) is 0 Å². The van der Waals surface area contributed by atoms with Gasteiger partial charge in [0.05, 0.1) is 0 Å². The molecule has 0 atom stereocenters. The maximum Gasteiger partial charge on any atom is 0.0460 e. The van der Waals surface area contributed by atoms with Crippen LogP contribution in [-0.4, -0.2) is 9.97 Å². The summed E-state index contributed by atoms with van der Waals surface area (Å²) in [5.74, 6) is 0. The van der Waals surface area contributed by atoms with Gasteiger partial charge in [-0.1, -0.05) is 0 Å². The molecule has 0 spiro atoms. The number of pyridine rings is 1. The fraction of sp³-hybridized carbons (Fsp3) is 0. The standard InChI is InChI=1S/C11H8N2/c1-3-12-7-10-6-11-9(2-4-13-11)5-8(1)10/h1-7,13H. The van der Waals surface area contributed by atoms with Gasteiger partial charge in [-0.15, -0.1) is 0 Å². The van der Waals surface area contributed by atoms with E-state index in [1.165, 1.54) is 21.7 Å². The third-order valence-corrected chi connectivity index (χ3v) is 2.31. The van der Waals surface area contributed by atoms with Gasteiger partial charge >= 0.3 is 0 Å². The smallest absolute Gasteiger partial charge is 0.0460 e. The van der Waals surface area contributed by atoms with Crippen molar-refractivity contribution in [2.45, 2.75) is 0 Å². The molecule has 62 valence electrons. The fourth-order valence-electron chi connectivity index (χ4n) is 1.64. The lowest BCUT2D eigenvalue weighted by Crippen LogP contribution is -1.75. The first-order chi connectivity index (χ1) is 6.43. The van der Waals surface area contributed by atoms with E-state index in [1.54, 1.807) is 0 Å². The molecule has 0 aliphatic carbocycles. The van der Waals surface area contributed by atoms with Crippen molar-refractivity contribution in [2.24, 2.45) is 0 Å². The molecule has 0 aliphatic rings. The highest BCUT2D eigenvalue weighted by atomic mass is 14.7. The molecule has 0 fully saturated rings. The average Bonchev–Trinajstić information content (AvgIpc) is 2.61. The number of aromatic amines is 1. The molecule has 0 saturated heterocycles. The van der Waals surface area contributed by atoms with E-state index >= 15 is 0 Å². The van der Waals surface area contributed by atoms with E-state index in [9.17, 15) is 0 Å². The van der Waals surface area contributed by atoms with Crippen molar-refractivity contribution in [1.82, 2.24) is 9.97 Å². The summed E-state index contributed by atoms with van der Waals surface area (Å²) in [6, 6.07) is 8.40. The van der Waals surface area contributed by atoms with Crippen LogP contribution in [0.4, 0.5) is 0 Å². The van der Waals surface area contributed by atoms with Crippen LogP contribution in [0.3, 0.4) is 0 Å². The van der Waals surface area contributed by atoms with E-state index < -0.39 is 0 Å². The van der Waals surface area contributed by atoms with Crippen LogP contribution in [-0.2, 0) is 0 Å². The monoisotopic (exact) mass is 168 g/mol. The second-order valence-electron chi connectivity index (χ2n) is 3.14. The molecule has 3 rings (SSSR count). The average molecular weight is 168 g/mol. The van der Waals surface area contributed by atoms with Crippen LogP contribution in [0.2, 0.25) is 0 Å². The molecule has 0 bridgehead atoms. The summed E-state index contributed by atoms with van der Waals surface area (Å²) >= 11 is 0. The van der Waals surface area contributed by atoms with Crippen LogP contribution < -0.4 is 0 Å². The Morgan fingerprint density at radius 1 is 1.00 bits per heavy atom. The lowest BCUT2D eigenvalue weighted by atomic mass is 10.1. The third kappa shape index (κ3) is 0.920. The van der Waals surface area contributed by atoms with E-state index in [4.69, 9.17) is 0 Å². The van der Waals surface area contributed by atoms with E-state index in [1.807, 2.05) is 24.7 Å². The van der Waals surface area contributed by atoms with Gasteiger partial charge in [-0.2, -0.15) is 0 Å².